The second-order valence-corrected chi connectivity index (χ2v) is 6.70. The van der Waals surface area contributed by atoms with Gasteiger partial charge in [0.05, 0.1) is 6.04 Å². The van der Waals surface area contributed by atoms with E-state index in [-0.39, 0.29) is 18.6 Å². The number of hydrogen-bond donors (Lipinski definition) is 1. The van der Waals surface area contributed by atoms with E-state index < -0.39 is 0 Å². The van der Waals surface area contributed by atoms with Gasteiger partial charge in [-0.2, -0.15) is 0 Å². The highest BCUT2D eigenvalue weighted by Crippen LogP contribution is 2.24. The lowest BCUT2D eigenvalue weighted by Crippen LogP contribution is -2.31. The van der Waals surface area contributed by atoms with Gasteiger partial charge in [-0.3, -0.25) is 4.79 Å². The van der Waals surface area contributed by atoms with E-state index >= 15 is 0 Å². The highest BCUT2D eigenvalue weighted by molar-refractivity contribution is 6.30. The smallest absolute Gasteiger partial charge is 0.258 e. The maximum atomic E-state index is 12.1. The number of amides is 1. The first-order valence-electron chi connectivity index (χ1n) is 8.41. The molecule has 1 unspecified atom stereocenters. The quantitative estimate of drug-likeness (QED) is 0.869. The molecule has 0 aromatic heterocycles. The molecule has 3 rings (SSSR count). The summed E-state index contributed by atoms with van der Waals surface area (Å²) in [5.74, 6) is 0.506. The molecule has 1 aliphatic carbocycles. The van der Waals surface area contributed by atoms with Crippen LogP contribution >= 0.6 is 11.6 Å². The van der Waals surface area contributed by atoms with Crippen molar-refractivity contribution >= 4 is 17.5 Å². The largest absolute Gasteiger partial charge is 0.484 e. The third kappa shape index (κ3) is 4.30. The van der Waals surface area contributed by atoms with Crippen molar-refractivity contribution < 1.29 is 9.53 Å². The van der Waals surface area contributed by atoms with Crippen molar-refractivity contribution in [3.63, 3.8) is 0 Å². The van der Waals surface area contributed by atoms with Crippen molar-refractivity contribution in [1.29, 1.82) is 0 Å². The molecule has 0 radical (unpaired) electrons. The van der Waals surface area contributed by atoms with Gasteiger partial charge >= 0.3 is 0 Å². The van der Waals surface area contributed by atoms with Crippen molar-refractivity contribution in [3.05, 3.63) is 64.2 Å². The number of hydrogen-bond acceptors (Lipinski definition) is 2. The van der Waals surface area contributed by atoms with Crippen LogP contribution in [0.15, 0.2) is 42.5 Å². The zero-order valence-corrected chi connectivity index (χ0v) is 14.6. The lowest BCUT2D eigenvalue weighted by atomic mass is 9.89. The van der Waals surface area contributed by atoms with Crippen LogP contribution in [-0.4, -0.2) is 12.5 Å². The van der Waals surface area contributed by atoms with E-state index in [1.54, 1.807) is 24.3 Å². The minimum atomic E-state index is -0.129. The maximum Gasteiger partial charge on any atom is 0.258 e. The topological polar surface area (TPSA) is 38.3 Å². The molecule has 0 saturated carbocycles. The zero-order chi connectivity index (χ0) is 16.9. The molecule has 126 valence electrons. The van der Waals surface area contributed by atoms with Gasteiger partial charge in [0.2, 0.25) is 0 Å². The Labute approximate surface area is 148 Å². The van der Waals surface area contributed by atoms with E-state index in [1.165, 1.54) is 30.4 Å². The second-order valence-electron chi connectivity index (χ2n) is 6.27. The summed E-state index contributed by atoms with van der Waals surface area (Å²) in [6.45, 7) is 2.00. The molecule has 1 aliphatic rings. The predicted octanol–water partition coefficient (Wildman–Crippen LogP) is 4.48. The standard InChI is InChI=1S/C20H22ClNO2/c1-14(16-7-6-15-4-2-3-5-17(15)12-16)22-20(23)13-24-19-10-8-18(21)9-11-19/h6-12,14H,2-5,13H2,1H3,(H,22,23). The van der Waals surface area contributed by atoms with Gasteiger partial charge in [0, 0.05) is 5.02 Å². The van der Waals surface area contributed by atoms with Gasteiger partial charge < -0.3 is 10.1 Å². The number of carbonyl (C=O) groups excluding carboxylic acids is 1. The number of aryl methyl sites for hydroxylation is 2. The van der Waals surface area contributed by atoms with Crippen molar-refractivity contribution in [1.82, 2.24) is 5.32 Å². The third-order valence-electron chi connectivity index (χ3n) is 4.43. The Balaban J connectivity index is 1.55. The van der Waals surface area contributed by atoms with E-state index in [9.17, 15) is 4.79 Å². The lowest BCUT2D eigenvalue weighted by Gasteiger charge is -2.20. The SMILES string of the molecule is CC(NC(=O)COc1ccc(Cl)cc1)c1ccc2c(c1)CCCC2. The van der Waals surface area contributed by atoms with Crippen LogP contribution in [0.25, 0.3) is 0 Å². The average Bonchev–Trinajstić information content (AvgIpc) is 2.61. The average molecular weight is 344 g/mol. The van der Waals surface area contributed by atoms with Crippen LogP contribution in [0.3, 0.4) is 0 Å². The molecule has 0 saturated heterocycles. The van der Waals surface area contributed by atoms with Gasteiger partial charge in [-0.15, -0.1) is 0 Å². The van der Waals surface area contributed by atoms with Crippen molar-refractivity contribution in [3.8, 4) is 5.75 Å². The number of nitrogens with one attached hydrogen (secondary N) is 1. The van der Waals surface area contributed by atoms with E-state index in [4.69, 9.17) is 16.3 Å². The van der Waals surface area contributed by atoms with Crippen LogP contribution in [0.4, 0.5) is 0 Å². The van der Waals surface area contributed by atoms with E-state index in [0.29, 0.717) is 10.8 Å². The minimum Gasteiger partial charge on any atom is -0.484 e. The fourth-order valence-corrected chi connectivity index (χ4v) is 3.19. The Kier molecular flexibility index (Phi) is 5.41. The van der Waals surface area contributed by atoms with Crippen LogP contribution in [-0.2, 0) is 17.6 Å². The molecule has 1 N–H and O–H groups in total. The second kappa shape index (κ2) is 7.71. The fraction of sp³-hybridized carbons (Fsp3) is 0.350. The first kappa shape index (κ1) is 16.8. The molecule has 0 spiro atoms. The number of benzene rings is 2. The van der Waals surface area contributed by atoms with Crippen LogP contribution in [0, 0.1) is 0 Å². The number of fused-ring (bicyclic) bond motifs is 1. The summed E-state index contributed by atoms with van der Waals surface area (Å²) >= 11 is 5.83. The molecular formula is C20H22ClNO2. The summed E-state index contributed by atoms with van der Waals surface area (Å²) in [7, 11) is 0. The summed E-state index contributed by atoms with van der Waals surface area (Å²) in [4.78, 5) is 12.1. The highest BCUT2D eigenvalue weighted by Gasteiger charge is 2.14. The summed E-state index contributed by atoms with van der Waals surface area (Å²) in [6, 6.07) is 13.5. The number of carbonyl (C=O) groups is 1. The van der Waals surface area contributed by atoms with E-state index in [0.717, 1.165) is 12.0 Å². The van der Waals surface area contributed by atoms with Crippen molar-refractivity contribution in [2.75, 3.05) is 6.61 Å². The van der Waals surface area contributed by atoms with Gasteiger partial charge in [-0.25, -0.2) is 0 Å². The molecule has 2 aromatic rings. The molecule has 1 atom stereocenters. The Morgan fingerprint density at radius 3 is 2.58 bits per heavy atom. The van der Waals surface area contributed by atoms with Gasteiger partial charge in [-0.05, 0) is 73.6 Å². The van der Waals surface area contributed by atoms with Crippen molar-refractivity contribution in [2.24, 2.45) is 0 Å². The fourth-order valence-electron chi connectivity index (χ4n) is 3.07. The predicted molar refractivity (Wildman–Crippen MR) is 96.6 cm³/mol. The molecule has 0 heterocycles. The van der Waals surface area contributed by atoms with Gasteiger partial charge in [0.25, 0.3) is 5.91 Å². The molecule has 1 amide bonds. The van der Waals surface area contributed by atoms with E-state index in [1.807, 2.05) is 6.92 Å². The summed E-state index contributed by atoms with van der Waals surface area (Å²) in [5.41, 5.74) is 4.03. The summed E-state index contributed by atoms with van der Waals surface area (Å²) in [5, 5.41) is 3.64. The molecule has 4 heteroatoms. The van der Waals surface area contributed by atoms with Gasteiger partial charge in [-0.1, -0.05) is 29.8 Å². The van der Waals surface area contributed by atoms with Crippen LogP contribution < -0.4 is 10.1 Å². The van der Waals surface area contributed by atoms with Crippen molar-refractivity contribution in [2.45, 2.75) is 38.6 Å². The Hall–Kier alpha value is -2.00. The van der Waals surface area contributed by atoms with Gasteiger partial charge in [0.15, 0.2) is 6.61 Å². The first-order chi connectivity index (χ1) is 11.6. The molecule has 0 fully saturated rings. The molecule has 24 heavy (non-hydrogen) atoms. The highest BCUT2D eigenvalue weighted by atomic mass is 35.5. The molecule has 0 bridgehead atoms. The van der Waals surface area contributed by atoms with Crippen LogP contribution in [0.1, 0.15) is 42.5 Å². The van der Waals surface area contributed by atoms with E-state index in [2.05, 4.69) is 23.5 Å². The Morgan fingerprint density at radius 2 is 1.83 bits per heavy atom. The summed E-state index contributed by atoms with van der Waals surface area (Å²) < 4.78 is 5.48. The number of ether oxygens (including phenoxy) is 1. The normalized spacial score (nSPS) is 14.6. The number of halogens is 1. The number of rotatable bonds is 5. The van der Waals surface area contributed by atoms with Gasteiger partial charge in [0.1, 0.15) is 5.75 Å². The Bertz CT molecular complexity index is 712. The lowest BCUT2D eigenvalue weighted by molar-refractivity contribution is -0.123. The third-order valence-corrected chi connectivity index (χ3v) is 4.69. The first-order valence-corrected chi connectivity index (χ1v) is 8.79. The monoisotopic (exact) mass is 343 g/mol. The van der Waals surface area contributed by atoms with Crippen LogP contribution in [0.2, 0.25) is 5.02 Å². The minimum absolute atomic E-state index is 0.00306. The Morgan fingerprint density at radius 1 is 1.12 bits per heavy atom. The zero-order valence-electron chi connectivity index (χ0n) is 13.8. The maximum absolute atomic E-state index is 12.1. The molecule has 2 aromatic carbocycles. The molecule has 3 nitrogen and oxygen atoms in total. The molecular weight excluding hydrogens is 322 g/mol. The molecule has 0 aliphatic heterocycles. The van der Waals surface area contributed by atoms with Crippen LogP contribution in [0.5, 0.6) is 5.75 Å². The summed E-state index contributed by atoms with van der Waals surface area (Å²) in [6.07, 6.45) is 4.85.